The number of imide groups is 1. The zero-order valence-corrected chi connectivity index (χ0v) is 16.1. The maximum Gasteiger partial charge on any atom is 0.234 e. The molecular weight excluding hydrogens is 360 g/mol. The number of nitrogens with zero attached hydrogens (tertiary/aromatic N) is 3. The third-order valence-electron chi connectivity index (χ3n) is 6.18. The molecule has 4 amide bonds. The number of carbonyl (C=O) groups is 4. The van der Waals surface area contributed by atoms with Crippen LogP contribution < -0.4 is 5.32 Å². The lowest BCUT2D eigenvalue weighted by Gasteiger charge is -2.34. The summed E-state index contributed by atoms with van der Waals surface area (Å²) >= 11 is 0. The fraction of sp³-hybridized carbons (Fsp3) is 0.700. The number of rotatable bonds is 6. The molecule has 0 bridgehead atoms. The van der Waals surface area contributed by atoms with Crippen LogP contribution in [0.4, 0.5) is 0 Å². The molecule has 1 saturated carbocycles. The second kappa shape index (κ2) is 8.03. The highest BCUT2D eigenvalue weighted by atomic mass is 16.2. The molecule has 0 aromatic rings. The molecule has 4 rings (SSSR count). The van der Waals surface area contributed by atoms with Gasteiger partial charge >= 0.3 is 0 Å². The molecule has 0 aromatic carbocycles. The molecular formula is C20H28N4O4. The van der Waals surface area contributed by atoms with E-state index in [1.807, 2.05) is 12.2 Å². The van der Waals surface area contributed by atoms with Gasteiger partial charge in [0.05, 0.1) is 18.4 Å². The fourth-order valence-electron chi connectivity index (χ4n) is 4.31. The lowest BCUT2D eigenvalue weighted by Crippen LogP contribution is -2.51. The van der Waals surface area contributed by atoms with Crippen molar-refractivity contribution < 1.29 is 19.2 Å². The van der Waals surface area contributed by atoms with Gasteiger partial charge in [-0.05, 0) is 25.7 Å². The number of allylic oxidation sites excluding steroid dienone is 2. The Morgan fingerprint density at radius 1 is 0.964 bits per heavy atom. The Kier molecular flexibility index (Phi) is 5.48. The molecule has 2 heterocycles. The summed E-state index contributed by atoms with van der Waals surface area (Å²) < 4.78 is 0. The molecule has 152 valence electrons. The summed E-state index contributed by atoms with van der Waals surface area (Å²) in [6, 6.07) is 0.367. The first-order chi connectivity index (χ1) is 13.5. The second-order valence-electron chi connectivity index (χ2n) is 8.23. The molecule has 2 aliphatic carbocycles. The summed E-state index contributed by atoms with van der Waals surface area (Å²) in [6.45, 7) is 3.04. The van der Waals surface area contributed by atoms with E-state index < -0.39 is 0 Å². The second-order valence-corrected chi connectivity index (χ2v) is 8.23. The first-order valence-electron chi connectivity index (χ1n) is 10.3. The standard InChI is InChI=1S/C20H28N4O4/c25-17(21-14-5-6-14)13-22-9-11-23(12-10-22)18(26)7-8-24-19(27)15-3-1-2-4-16(15)20(24)28/h1-2,14-16H,3-13H2,(H,21,25)/t15-,16+. The van der Waals surface area contributed by atoms with E-state index in [-0.39, 0.29) is 48.4 Å². The minimum atomic E-state index is -0.238. The van der Waals surface area contributed by atoms with Crippen molar-refractivity contribution >= 4 is 23.6 Å². The smallest absolute Gasteiger partial charge is 0.234 e. The third-order valence-corrected chi connectivity index (χ3v) is 6.18. The van der Waals surface area contributed by atoms with Crippen LogP contribution in [-0.2, 0) is 19.2 Å². The van der Waals surface area contributed by atoms with Crippen molar-refractivity contribution in [2.24, 2.45) is 11.8 Å². The Morgan fingerprint density at radius 2 is 1.57 bits per heavy atom. The van der Waals surface area contributed by atoms with Gasteiger partial charge in [0.2, 0.25) is 23.6 Å². The van der Waals surface area contributed by atoms with Crippen LogP contribution in [0.3, 0.4) is 0 Å². The van der Waals surface area contributed by atoms with Gasteiger partial charge in [-0.25, -0.2) is 0 Å². The predicted molar refractivity (Wildman–Crippen MR) is 101 cm³/mol. The van der Waals surface area contributed by atoms with Gasteiger partial charge in [-0.1, -0.05) is 12.2 Å². The quantitative estimate of drug-likeness (QED) is 0.501. The summed E-state index contributed by atoms with van der Waals surface area (Å²) in [5, 5.41) is 2.98. The number of carbonyl (C=O) groups excluding carboxylic acids is 4. The Morgan fingerprint density at radius 3 is 2.14 bits per heavy atom. The summed E-state index contributed by atoms with van der Waals surface area (Å²) in [5.74, 6) is -0.701. The molecule has 8 nitrogen and oxygen atoms in total. The first-order valence-corrected chi connectivity index (χ1v) is 10.3. The maximum atomic E-state index is 12.5. The first kappa shape index (κ1) is 19.1. The summed E-state index contributed by atoms with van der Waals surface area (Å²) in [6.07, 6.45) is 7.50. The predicted octanol–water partition coefficient (Wildman–Crippen LogP) is -0.249. The molecule has 28 heavy (non-hydrogen) atoms. The summed E-state index contributed by atoms with van der Waals surface area (Å²) in [4.78, 5) is 54.5. The van der Waals surface area contributed by atoms with E-state index in [0.717, 1.165) is 12.8 Å². The number of piperazine rings is 1. The van der Waals surface area contributed by atoms with Crippen LogP contribution in [0.5, 0.6) is 0 Å². The van der Waals surface area contributed by atoms with Crippen molar-refractivity contribution in [1.82, 2.24) is 20.0 Å². The Bertz CT molecular complexity index is 668. The van der Waals surface area contributed by atoms with E-state index >= 15 is 0 Å². The maximum absolute atomic E-state index is 12.5. The van der Waals surface area contributed by atoms with Gasteiger partial charge in [-0.3, -0.25) is 29.0 Å². The van der Waals surface area contributed by atoms with Gasteiger partial charge in [0.25, 0.3) is 0 Å². The van der Waals surface area contributed by atoms with E-state index in [1.165, 1.54) is 4.90 Å². The van der Waals surface area contributed by atoms with E-state index in [0.29, 0.717) is 51.6 Å². The Balaban J connectivity index is 1.20. The molecule has 3 fully saturated rings. The zero-order chi connectivity index (χ0) is 19.7. The van der Waals surface area contributed by atoms with E-state index in [9.17, 15) is 19.2 Å². The van der Waals surface area contributed by atoms with Crippen molar-refractivity contribution in [3.05, 3.63) is 12.2 Å². The van der Waals surface area contributed by atoms with Crippen molar-refractivity contribution in [3.63, 3.8) is 0 Å². The van der Waals surface area contributed by atoms with Crippen LogP contribution in [0.1, 0.15) is 32.1 Å². The van der Waals surface area contributed by atoms with Crippen LogP contribution in [0, 0.1) is 11.8 Å². The summed E-state index contributed by atoms with van der Waals surface area (Å²) in [7, 11) is 0. The highest BCUT2D eigenvalue weighted by Crippen LogP contribution is 2.35. The SMILES string of the molecule is O=C(CN1CCN(C(=O)CCN2C(=O)[C@H]3CC=CC[C@H]3C2=O)CC1)NC1CC1. The monoisotopic (exact) mass is 388 g/mol. The van der Waals surface area contributed by atoms with Gasteiger partial charge in [-0.2, -0.15) is 0 Å². The molecule has 1 N–H and O–H groups in total. The van der Waals surface area contributed by atoms with Crippen molar-refractivity contribution in [2.75, 3.05) is 39.3 Å². The normalized spacial score (nSPS) is 27.9. The number of amides is 4. The van der Waals surface area contributed by atoms with E-state index in [2.05, 4.69) is 10.2 Å². The van der Waals surface area contributed by atoms with Gasteiger partial charge in [0.1, 0.15) is 0 Å². The summed E-state index contributed by atoms with van der Waals surface area (Å²) in [5.41, 5.74) is 0. The van der Waals surface area contributed by atoms with Crippen molar-refractivity contribution in [2.45, 2.75) is 38.1 Å². The molecule has 0 radical (unpaired) electrons. The fourth-order valence-corrected chi connectivity index (χ4v) is 4.31. The van der Waals surface area contributed by atoms with Crippen LogP contribution in [0.15, 0.2) is 12.2 Å². The number of hydrogen-bond acceptors (Lipinski definition) is 5. The van der Waals surface area contributed by atoms with Crippen molar-refractivity contribution in [3.8, 4) is 0 Å². The third kappa shape index (κ3) is 4.11. The minimum Gasteiger partial charge on any atom is -0.352 e. The molecule has 8 heteroatoms. The zero-order valence-electron chi connectivity index (χ0n) is 16.1. The van der Waals surface area contributed by atoms with Crippen LogP contribution in [0.2, 0.25) is 0 Å². The molecule has 2 saturated heterocycles. The molecule has 4 aliphatic rings. The largest absolute Gasteiger partial charge is 0.352 e. The molecule has 0 aromatic heterocycles. The Hall–Kier alpha value is -2.22. The number of likely N-dealkylation sites (tertiary alicyclic amines) is 1. The lowest BCUT2D eigenvalue weighted by molar-refractivity contribution is -0.141. The molecule has 0 unspecified atom stereocenters. The van der Waals surface area contributed by atoms with Crippen molar-refractivity contribution in [1.29, 1.82) is 0 Å². The van der Waals surface area contributed by atoms with Gasteiger partial charge in [0.15, 0.2) is 0 Å². The number of hydrogen-bond donors (Lipinski definition) is 1. The average molecular weight is 388 g/mol. The molecule has 0 spiro atoms. The minimum absolute atomic E-state index is 0.0318. The van der Waals surface area contributed by atoms with Gasteiger partial charge in [-0.15, -0.1) is 0 Å². The number of nitrogens with one attached hydrogen (secondary N) is 1. The highest BCUT2D eigenvalue weighted by molar-refractivity contribution is 6.05. The van der Waals surface area contributed by atoms with E-state index in [4.69, 9.17) is 0 Å². The van der Waals surface area contributed by atoms with E-state index in [1.54, 1.807) is 4.90 Å². The Labute approximate surface area is 164 Å². The molecule has 2 atom stereocenters. The highest BCUT2D eigenvalue weighted by Gasteiger charge is 2.47. The van der Waals surface area contributed by atoms with Crippen LogP contribution in [-0.4, -0.2) is 83.6 Å². The van der Waals surface area contributed by atoms with Crippen LogP contribution >= 0.6 is 0 Å². The van der Waals surface area contributed by atoms with Gasteiger partial charge < -0.3 is 10.2 Å². The van der Waals surface area contributed by atoms with Crippen LogP contribution in [0.25, 0.3) is 0 Å². The molecule has 2 aliphatic heterocycles. The topological polar surface area (TPSA) is 90.0 Å². The lowest BCUT2D eigenvalue weighted by atomic mass is 9.85. The number of fused-ring (bicyclic) bond motifs is 1. The van der Waals surface area contributed by atoms with Gasteiger partial charge in [0, 0.05) is 45.2 Å². The average Bonchev–Trinajstić information content (AvgIpc) is 3.47.